The zero-order chi connectivity index (χ0) is 46.7. The summed E-state index contributed by atoms with van der Waals surface area (Å²) in [4.78, 5) is 5.22. The van der Waals surface area contributed by atoms with Crippen molar-refractivity contribution in [2.75, 3.05) is 9.80 Å². The molecule has 5 aliphatic rings. The molecule has 0 radical (unpaired) electrons. The molecule has 6 aromatic carbocycles. The van der Waals surface area contributed by atoms with Crippen molar-refractivity contribution < 1.29 is 4.42 Å². The molecule has 0 saturated heterocycles. The van der Waals surface area contributed by atoms with Crippen LogP contribution in [0.1, 0.15) is 154 Å². The van der Waals surface area contributed by atoms with E-state index in [9.17, 15) is 0 Å². The van der Waals surface area contributed by atoms with Crippen LogP contribution in [-0.2, 0) is 27.1 Å². The molecule has 4 heteroatoms. The molecule has 67 heavy (non-hydrogen) atoms. The van der Waals surface area contributed by atoms with Crippen LogP contribution in [0.4, 0.5) is 34.1 Å². The van der Waals surface area contributed by atoms with E-state index in [1.54, 1.807) is 0 Å². The molecule has 3 nitrogen and oxygen atoms in total. The van der Waals surface area contributed by atoms with E-state index in [0.29, 0.717) is 0 Å². The number of benzene rings is 5. The van der Waals surface area contributed by atoms with Crippen molar-refractivity contribution in [3.05, 3.63) is 154 Å². The Kier molecular flexibility index (Phi) is 8.91. The lowest BCUT2D eigenvalue weighted by molar-refractivity contribution is 0.332. The van der Waals surface area contributed by atoms with E-state index in [2.05, 4.69) is 208 Å². The number of fused-ring (bicyclic) bond motifs is 10. The fourth-order valence-electron chi connectivity index (χ4n) is 12.8. The Bertz CT molecular complexity index is 3320. The highest BCUT2D eigenvalue weighted by Crippen LogP contribution is 2.53. The van der Waals surface area contributed by atoms with Gasteiger partial charge in [-0.3, -0.25) is 0 Å². The normalized spacial score (nSPS) is 19.3. The van der Waals surface area contributed by atoms with E-state index in [1.165, 1.54) is 102 Å². The standard InChI is InChI=1S/C63H65BN2O/c1-38-32-53-56-54(33-38)66(50-26-22-40(59(2,3)4)34-44(50)39-18-14-13-15-19-39)51-27-24-43-42-20-16-17-21-55(42)67-58(43)57(51)64(56)49-36-47-48(63(11,12)31-30-62(47,9)10)37-52(49)65(53)41-23-25-45-46(35-41)61(7,8)29-28-60(45,5)6/h13-14,16-18,20-23,25-26,32-37H,15,19,28-31H2,1-12H3. The predicted molar refractivity (Wildman–Crippen MR) is 286 cm³/mol. The van der Waals surface area contributed by atoms with Crippen LogP contribution in [0.25, 0.3) is 27.5 Å². The summed E-state index contributed by atoms with van der Waals surface area (Å²) in [6, 6.07) is 41.1. The molecule has 0 unspecified atom stereocenters. The van der Waals surface area contributed by atoms with Crippen LogP contribution < -0.4 is 26.2 Å². The number of furan rings is 1. The van der Waals surface area contributed by atoms with Gasteiger partial charge in [-0.25, -0.2) is 0 Å². The summed E-state index contributed by atoms with van der Waals surface area (Å²) in [5.74, 6) is 0. The first kappa shape index (κ1) is 42.4. The topological polar surface area (TPSA) is 19.6 Å². The fourth-order valence-corrected chi connectivity index (χ4v) is 12.8. The Labute approximate surface area is 400 Å². The summed E-state index contributed by atoms with van der Waals surface area (Å²) >= 11 is 0. The lowest BCUT2D eigenvalue weighted by atomic mass is 9.33. The first-order valence-electron chi connectivity index (χ1n) is 25.1. The molecule has 1 aromatic heterocycles. The molecule has 0 fully saturated rings. The molecule has 2 aliphatic heterocycles. The van der Waals surface area contributed by atoms with Crippen LogP contribution >= 0.6 is 0 Å². The Morgan fingerprint density at radius 3 is 1.97 bits per heavy atom. The molecular formula is C63H65BN2O. The smallest absolute Gasteiger partial charge is 0.257 e. The SMILES string of the molecule is Cc1cc2c3c(c1)N(c1ccc(C(C)(C)C)cc1C1=CC=CCC1)c1c#cc4c(oc5ccccc54)c1B3c1cc3c(cc1N2c1ccc2c(c1)C(C)(C)CCC2(C)C)C(C)(C)CCC3(C)C. The van der Waals surface area contributed by atoms with Gasteiger partial charge >= 0.3 is 0 Å². The van der Waals surface area contributed by atoms with Gasteiger partial charge in [-0.05, 0) is 183 Å². The predicted octanol–water partition coefficient (Wildman–Crippen LogP) is 15.3. The number of hydrogen-bond acceptors (Lipinski definition) is 3. The number of hydrogen-bond donors (Lipinski definition) is 0. The maximum Gasteiger partial charge on any atom is 0.257 e. The van der Waals surface area contributed by atoms with Crippen LogP contribution in [0, 0.1) is 19.1 Å². The molecule has 0 spiro atoms. The van der Waals surface area contributed by atoms with E-state index < -0.39 is 0 Å². The van der Waals surface area contributed by atoms with E-state index in [4.69, 9.17) is 4.42 Å². The monoisotopic (exact) mass is 877 g/mol. The average molecular weight is 877 g/mol. The van der Waals surface area contributed by atoms with Crippen molar-refractivity contribution >= 4 is 84.7 Å². The zero-order valence-corrected chi connectivity index (χ0v) is 41.9. The van der Waals surface area contributed by atoms with E-state index in [0.717, 1.165) is 53.3 Å². The van der Waals surface area contributed by atoms with Gasteiger partial charge < -0.3 is 14.2 Å². The maximum atomic E-state index is 7.19. The molecular weight excluding hydrogens is 812 g/mol. The molecule has 336 valence electrons. The third-order valence-electron chi connectivity index (χ3n) is 17.1. The second-order valence-corrected chi connectivity index (χ2v) is 24.5. The summed E-state index contributed by atoms with van der Waals surface area (Å²) in [6.07, 6.45) is 13.6. The maximum absolute atomic E-state index is 7.19. The number of para-hydroxylation sites is 1. The van der Waals surface area contributed by atoms with Gasteiger partial charge in [0.25, 0.3) is 6.71 Å². The Balaban J connectivity index is 1.23. The van der Waals surface area contributed by atoms with Crippen molar-refractivity contribution in [3.8, 4) is 0 Å². The largest absolute Gasteiger partial charge is 0.456 e. The third-order valence-corrected chi connectivity index (χ3v) is 17.1. The highest BCUT2D eigenvalue weighted by Gasteiger charge is 2.49. The molecule has 0 atom stereocenters. The van der Waals surface area contributed by atoms with E-state index in [-0.39, 0.29) is 33.8 Å². The van der Waals surface area contributed by atoms with Gasteiger partial charge in [-0.1, -0.05) is 131 Å². The number of rotatable bonds is 3. The van der Waals surface area contributed by atoms with E-state index >= 15 is 0 Å². The van der Waals surface area contributed by atoms with Gasteiger partial charge in [0.15, 0.2) is 0 Å². The molecule has 12 rings (SSSR count). The van der Waals surface area contributed by atoms with Crippen LogP contribution in [0.15, 0.2) is 108 Å². The summed E-state index contributed by atoms with van der Waals surface area (Å²) < 4.78 is 7.19. The van der Waals surface area contributed by atoms with Crippen molar-refractivity contribution in [1.82, 2.24) is 0 Å². The lowest BCUT2D eigenvalue weighted by Crippen LogP contribution is -2.62. The fraction of sp³-hybridized carbons (Fsp3) is 0.365. The highest BCUT2D eigenvalue weighted by molar-refractivity contribution is 7.01. The Morgan fingerprint density at radius 2 is 1.28 bits per heavy atom. The molecule has 0 N–H and O–H groups in total. The number of nitrogens with zero attached hydrogens (tertiary/aromatic N) is 2. The summed E-state index contributed by atoms with van der Waals surface area (Å²) in [6.45, 7) is 28.8. The molecule has 7 aromatic rings. The second kappa shape index (κ2) is 14.1. The molecule has 0 amide bonds. The van der Waals surface area contributed by atoms with Crippen LogP contribution in [0.5, 0.6) is 0 Å². The van der Waals surface area contributed by atoms with Crippen molar-refractivity contribution in [1.29, 1.82) is 0 Å². The quantitative estimate of drug-likeness (QED) is 0.165. The van der Waals surface area contributed by atoms with Crippen molar-refractivity contribution in [2.45, 2.75) is 149 Å². The third kappa shape index (κ3) is 6.25. The minimum atomic E-state index is -0.120. The van der Waals surface area contributed by atoms with E-state index in [1.807, 2.05) is 0 Å². The van der Waals surface area contributed by atoms with Crippen molar-refractivity contribution in [2.24, 2.45) is 0 Å². The molecule has 3 aliphatic carbocycles. The van der Waals surface area contributed by atoms with Crippen LogP contribution in [-0.4, -0.2) is 6.71 Å². The number of allylic oxidation sites excluding steroid dienone is 4. The number of aryl methyl sites for hydroxylation is 1. The first-order chi connectivity index (χ1) is 31.7. The summed E-state index contributed by atoms with van der Waals surface area (Å²) in [7, 11) is 0. The molecule has 0 bridgehead atoms. The van der Waals surface area contributed by atoms with Gasteiger partial charge in [0, 0.05) is 39.2 Å². The summed E-state index contributed by atoms with van der Waals surface area (Å²) in [5.41, 5.74) is 24.1. The van der Waals surface area contributed by atoms with Gasteiger partial charge in [0.05, 0.1) is 16.8 Å². The minimum absolute atomic E-state index is 0.0171. The first-order valence-corrected chi connectivity index (χ1v) is 25.1. The minimum Gasteiger partial charge on any atom is -0.456 e. The number of anilines is 6. The molecule has 3 heterocycles. The van der Waals surface area contributed by atoms with Crippen LogP contribution in [0.3, 0.4) is 0 Å². The lowest BCUT2D eigenvalue weighted by Gasteiger charge is -2.48. The van der Waals surface area contributed by atoms with Gasteiger partial charge in [-0.15, -0.1) is 0 Å². The zero-order valence-electron chi connectivity index (χ0n) is 41.9. The van der Waals surface area contributed by atoms with Gasteiger partial charge in [-0.2, -0.15) is 0 Å². The highest BCUT2D eigenvalue weighted by atomic mass is 16.3. The Morgan fingerprint density at radius 1 is 0.627 bits per heavy atom. The van der Waals surface area contributed by atoms with Gasteiger partial charge in [0.2, 0.25) is 0 Å². The summed E-state index contributed by atoms with van der Waals surface area (Å²) in [5, 5.41) is 2.08. The van der Waals surface area contributed by atoms with Crippen molar-refractivity contribution in [3.63, 3.8) is 0 Å². The average Bonchev–Trinajstić information content (AvgIpc) is 3.68. The van der Waals surface area contributed by atoms with Gasteiger partial charge in [0.1, 0.15) is 11.2 Å². The molecule has 0 saturated carbocycles. The second-order valence-electron chi connectivity index (χ2n) is 24.5. The van der Waals surface area contributed by atoms with Crippen LogP contribution in [0.2, 0.25) is 0 Å². The Hall–Kier alpha value is -5.92.